The largest absolute Gasteiger partial charge is 0.525 e. The molecule has 0 aliphatic rings. The molecule has 106 valence electrons. The van der Waals surface area contributed by atoms with Crippen molar-refractivity contribution in [3.63, 3.8) is 0 Å². The van der Waals surface area contributed by atoms with Crippen molar-refractivity contribution in [2.75, 3.05) is 7.11 Å². The first kappa shape index (κ1) is 16.7. The van der Waals surface area contributed by atoms with E-state index < -0.39 is 29.9 Å². The normalized spacial score (nSPS) is 17.3. The number of alkyl halides is 7. The molecular formula is C8H7F7O3. The molecule has 0 aromatic carbocycles. The standard InChI is InChI=1S/C8H7F7O3/c1-4(3-5(16)17-2)6(9,7(10,11)12)18-8(13,14)15/h3H,1-2H3/b4-3+. The fourth-order valence-corrected chi connectivity index (χ4v) is 0.850. The van der Waals surface area contributed by atoms with E-state index in [0.29, 0.717) is 6.92 Å². The molecule has 0 heterocycles. The van der Waals surface area contributed by atoms with Crippen molar-refractivity contribution in [2.45, 2.75) is 25.3 Å². The fourth-order valence-electron chi connectivity index (χ4n) is 0.850. The van der Waals surface area contributed by atoms with E-state index in [2.05, 4.69) is 9.47 Å². The van der Waals surface area contributed by atoms with Crippen LogP contribution in [-0.4, -0.2) is 31.5 Å². The van der Waals surface area contributed by atoms with Crippen LogP contribution in [0.2, 0.25) is 0 Å². The average molecular weight is 284 g/mol. The van der Waals surface area contributed by atoms with Gasteiger partial charge in [0.05, 0.1) is 7.11 Å². The lowest BCUT2D eigenvalue weighted by atomic mass is 10.1. The van der Waals surface area contributed by atoms with Crippen molar-refractivity contribution in [1.29, 1.82) is 0 Å². The number of ether oxygens (including phenoxy) is 2. The van der Waals surface area contributed by atoms with Gasteiger partial charge in [-0.2, -0.15) is 17.6 Å². The van der Waals surface area contributed by atoms with Crippen LogP contribution in [0.5, 0.6) is 0 Å². The van der Waals surface area contributed by atoms with Crippen molar-refractivity contribution in [3.05, 3.63) is 11.6 Å². The Morgan fingerprint density at radius 1 is 1.06 bits per heavy atom. The second-order valence-corrected chi connectivity index (χ2v) is 2.99. The summed E-state index contributed by atoms with van der Waals surface area (Å²) in [5.41, 5.74) is -1.64. The molecule has 0 aromatic rings. The molecule has 0 rings (SSSR count). The number of rotatable bonds is 3. The van der Waals surface area contributed by atoms with Gasteiger partial charge >= 0.3 is 24.4 Å². The minimum Gasteiger partial charge on any atom is -0.466 e. The molecule has 0 N–H and O–H groups in total. The summed E-state index contributed by atoms with van der Waals surface area (Å²) in [6.07, 6.45) is -12.0. The zero-order chi connectivity index (χ0) is 14.8. The van der Waals surface area contributed by atoms with Crippen molar-refractivity contribution in [1.82, 2.24) is 0 Å². The van der Waals surface area contributed by atoms with Gasteiger partial charge in [0.2, 0.25) is 0 Å². The van der Waals surface area contributed by atoms with Gasteiger partial charge in [-0.15, -0.1) is 13.2 Å². The van der Waals surface area contributed by atoms with E-state index >= 15 is 0 Å². The lowest BCUT2D eigenvalue weighted by Crippen LogP contribution is -2.48. The van der Waals surface area contributed by atoms with Crippen LogP contribution in [0, 0.1) is 0 Å². The van der Waals surface area contributed by atoms with Gasteiger partial charge < -0.3 is 4.74 Å². The molecule has 0 aromatic heterocycles. The number of esters is 1. The van der Waals surface area contributed by atoms with Gasteiger partial charge in [-0.05, 0) is 6.92 Å². The zero-order valence-corrected chi connectivity index (χ0v) is 8.95. The minimum atomic E-state index is -6.02. The van der Waals surface area contributed by atoms with Gasteiger partial charge in [0.15, 0.2) is 0 Å². The van der Waals surface area contributed by atoms with Gasteiger partial charge in [0, 0.05) is 11.6 Å². The Morgan fingerprint density at radius 2 is 1.50 bits per heavy atom. The van der Waals surface area contributed by atoms with E-state index in [-0.39, 0.29) is 6.08 Å². The summed E-state index contributed by atoms with van der Waals surface area (Å²) >= 11 is 0. The Bertz CT molecular complexity index is 344. The average Bonchev–Trinajstić information content (AvgIpc) is 2.12. The first-order valence-electron chi connectivity index (χ1n) is 4.12. The van der Waals surface area contributed by atoms with Gasteiger partial charge in [-0.25, -0.2) is 9.53 Å². The van der Waals surface area contributed by atoms with Crippen molar-refractivity contribution in [2.24, 2.45) is 0 Å². The molecule has 0 saturated carbocycles. The molecule has 10 heteroatoms. The van der Waals surface area contributed by atoms with Gasteiger partial charge in [-0.3, -0.25) is 0 Å². The quantitative estimate of drug-likeness (QED) is 0.454. The third kappa shape index (κ3) is 4.17. The smallest absolute Gasteiger partial charge is 0.466 e. The summed E-state index contributed by atoms with van der Waals surface area (Å²) in [6.45, 7) is 0.316. The Kier molecular flexibility index (Phi) is 4.75. The predicted octanol–water partition coefficient (Wildman–Crippen LogP) is 2.87. The first-order valence-corrected chi connectivity index (χ1v) is 4.12. The predicted molar refractivity (Wildman–Crippen MR) is 42.8 cm³/mol. The van der Waals surface area contributed by atoms with Crippen molar-refractivity contribution >= 4 is 5.97 Å². The molecule has 1 unspecified atom stereocenters. The summed E-state index contributed by atoms with van der Waals surface area (Å²) in [5, 5.41) is 0. The third-order valence-electron chi connectivity index (χ3n) is 1.66. The lowest BCUT2D eigenvalue weighted by molar-refractivity contribution is -0.435. The van der Waals surface area contributed by atoms with Crippen LogP contribution in [0.25, 0.3) is 0 Å². The molecule has 18 heavy (non-hydrogen) atoms. The number of carbonyl (C=O) groups excluding carboxylic acids is 1. The molecule has 1 atom stereocenters. The third-order valence-corrected chi connectivity index (χ3v) is 1.66. The summed E-state index contributed by atoms with van der Waals surface area (Å²) in [7, 11) is 0.754. The highest BCUT2D eigenvalue weighted by Gasteiger charge is 2.63. The van der Waals surface area contributed by atoms with Gasteiger partial charge in [0.1, 0.15) is 0 Å². The minimum absolute atomic E-state index is 0.0841. The number of carbonyl (C=O) groups is 1. The molecule has 0 aliphatic heterocycles. The Hall–Kier alpha value is -1.32. The number of methoxy groups -OCH3 is 1. The Morgan fingerprint density at radius 3 is 1.78 bits per heavy atom. The van der Waals surface area contributed by atoms with Crippen LogP contribution >= 0.6 is 0 Å². The second-order valence-electron chi connectivity index (χ2n) is 2.99. The van der Waals surface area contributed by atoms with Crippen LogP contribution in [-0.2, 0) is 14.3 Å². The number of hydrogen-bond donors (Lipinski definition) is 0. The van der Waals surface area contributed by atoms with E-state index in [1.54, 1.807) is 0 Å². The van der Waals surface area contributed by atoms with E-state index in [0.717, 1.165) is 7.11 Å². The number of hydrogen-bond acceptors (Lipinski definition) is 3. The molecule has 0 aliphatic carbocycles. The molecule has 0 fully saturated rings. The molecule has 0 bridgehead atoms. The van der Waals surface area contributed by atoms with Crippen LogP contribution < -0.4 is 0 Å². The maximum absolute atomic E-state index is 13.3. The zero-order valence-electron chi connectivity index (χ0n) is 8.95. The SMILES string of the molecule is COC(=O)/C=C(\C)C(F)(OC(F)(F)F)C(F)(F)F. The molecule has 0 amide bonds. The van der Waals surface area contributed by atoms with Crippen molar-refractivity contribution < 1.29 is 45.0 Å². The van der Waals surface area contributed by atoms with E-state index in [9.17, 15) is 35.5 Å². The molecule has 3 nitrogen and oxygen atoms in total. The highest BCUT2D eigenvalue weighted by Crippen LogP contribution is 2.44. The van der Waals surface area contributed by atoms with E-state index in [1.165, 1.54) is 0 Å². The molecule has 0 spiro atoms. The van der Waals surface area contributed by atoms with Gasteiger partial charge in [-0.1, -0.05) is 0 Å². The maximum atomic E-state index is 13.3. The van der Waals surface area contributed by atoms with E-state index in [1.807, 2.05) is 0 Å². The summed E-state index contributed by atoms with van der Waals surface area (Å²) in [5.74, 6) is -6.61. The maximum Gasteiger partial charge on any atom is 0.525 e. The van der Waals surface area contributed by atoms with Gasteiger partial charge in [0.25, 0.3) is 0 Å². The number of halogens is 7. The highest BCUT2D eigenvalue weighted by atomic mass is 19.4. The second kappa shape index (κ2) is 5.12. The topological polar surface area (TPSA) is 35.5 Å². The summed E-state index contributed by atoms with van der Waals surface area (Å²) < 4.78 is 91.6. The Labute approximate surface area is 96.2 Å². The van der Waals surface area contributed by atoms with Crippen LogP contribution in [0.1, 0.15) is 6.92 Å². The molecular weight excluding hydrogens is 277 g/mol. The van der Waals surface area contributed by atoms with Crippen molar-refractivity contribution in [3.8, 4) is 0 Å². The lowest BCUT2D eigenvalue weighted by Gasteiger charge is -2.29. The highest BCUT2D eigenvalue weighted by molar-refractivity contribution is 5.82. The summed E-state index contributed by atoms with van der Waals surface area (Å²) in [6, 6.07) is 0. The van der Waals surface area contributed by atoms with Crippen LogP contribution in [0.4, 0.5) is 30.7 Å². The summed E-state index contributed by atoms with van der Waals surface area (Å²) in [4.78, 5) is 10.6. The van der Waals surface area contributed by atoms with Crippen LogP contribution in [0.15, 0.2) is 11.6 Å². The van der Waals surface area contributed by atoms with Crippen LogP contribution in [0.3, 0.4) is 0 Å². The molecule has 0 radical (unpaired) electrons. The fraction of sp³-hybridized carbons (Fsp3) is 0.625. The first-order chi connectivity index (χ1) is 7.83. The van der Waals surface area contributed by atoms with E-state index in [4.69, 9.17) is 0 Å². The Balaban J connectivity index is 5.50. The molecule has 0 saturated heterocycles. The monoisotopic (exact) mass is 284 g/mol.